The molecule has 0 rings (SSSR count). The Hall–Kier alpha value is -0.570. The highest BCUT2D eigenvalue weighted by Gasteiger charge is 2.00. The van der Waals surface area contributed by atoms with Gasteiger partial charge in [0.25, 0.3) is 0 Å². The van der Waals surface area contributed by atoms with Gasteiger partial charge in [-0.25, -0.2) is 0 Å². The third kappa shape index (κ3) is 17.5. The minimum Gasteiger partial charge on any atom is -0.466 e. The van der Waals surface area contributed by atoms with E-state index >= 15 is 0 Å². The summed E-state index contributed by atoms with van der Waals surface area (Å²) in [6.07, 6.45) is 5.43. The molecule has 0 aliphatic rings. The number of carbonyl (C=O) groups excluding carboxylic acids is 1. The van der Waals surface area contributed by atoms with Crippen molar-refractivity contribution in [2.75, 3.05) is 32.9 Å². The highest BCUT2D eigenvalue weighted by Crippen LogP contribution is 2.03. The summed E-state index contributed by atoms with van der Waals surface area (Å²) < 4.78 is 10.1. The van der Waals surface area contributed by atoms with E-state index in [4.69, 9.17) is 15.2 Å². The second-order valence-electron chi connectivity index (χ2n) is 4.71. The predicted octanol–water partition coefficient (Wildman–Crippen LogP) is 2.45. The van der Waals surface area contributed by atoms with E-state index in [0.717, 1.165) is 51.9 Å². The molecule has 7 heteroatoms. The van der Waals surface area contributed by atoms with Crippen LogP contribution in [0.1, 0.15) is 52.4 Å². The molecule has 22 heavy (non-hydrogen) atoms. The molecule has 0 aromatic heterocycles. The number of guanidine groups is 1. The Balaban J connectivity index is 0. The Bertz CT molecular complexity index is 289. The standard InChI is InChI=1S/C15H31N3O3.HI/c1-3-20-13-9-12-18-15(16)17-11-8-6-5-7-10-14(19)21-4-2;/h3-13H2,1-2H3,(H3,16,17,18);1H. The maximum absolute atomic E-state index is 11.1. The Morgan fingerprint density at radius 2 is 1.82 bits per heavy atom. The van der Waals surface area contributed by atoms with Crippen molar-refractivity contribution in [1.82, 2.24) is 5.32 Å². The summed E-state index contributed by atoms with van der Waals surface area (Å²) in [6, 6.07) is 0. The van der Waals surface area contributed by atoms with Gasteiger partial charge in [0.2, 0.25) is 0 Å². The molecule has 0 radical (unpaired) electrons. The number of aliphatic imine (C=N–C) groups is 1. The predicted molar refractivity (Wildman–Crippen MR) is 101 cm³/mol. The second-order valence-corrected chi connectivity index (χ2v) is 4.71. The lowest BCUT2D eigenvalue weighted by molar-refractivity contribution is -0.143. The molecule has 132 valence electrons. The summed E-state index contributed by atoms with van der Waals surface area (Å²) in [5.74, 6) is 0.400. The Labute approximate surface area is 151 Å². The van der Waals surface area contributed by atoms with Crippen molar-refractivity contribution >= 4 is 35.9 Å². The molecule has 0 amide bonds. The van der Waals surface area contributed by atoms with E-state index in [0.29, 0.717) is 25.5 Å². The van der Waals surface area contributed by atoms with Gasteiger partial charge < -0.3 is 20.5 Å². The number of hydrogen-bond acceptors (Lipinski definition) is 4. The lowest BCUT2D eigenvalue weighted by Crippen LogP contribution is -2.32. The monoisotopic (exact) mass is 429 g/mol. The van der Waals surface area contributed by atoms with Crippen molar-refractivity contribution in [2.45, 2.75) is 52.4 Å². The van der Waals surface area contributed by atoms with E-state index in [2.05, 4.69) is 10.3 Å². The number of hydrogen-bond donors (Lipinski definition) is 2. The van der Waals surface area contributed by atoms with Crippen molar-refractivity contribution in [3.05, 3.63) is 0 Å². The van der Waals surface area contributed by atoms with Crippen LogP contribution in [0.25, 0.3) is 0 Å². The van der Waals surface area contributed by atoms with E-state index in [-0.39, 0.29) is 29.9 Å². The topological polar surface area (TPSA) is 85.9 Å². The first-order chi connectivity index (χ1) is 10.2. The fourth-order valence-electron chi connectivity index (χ4n) is 1.76. The van der Waals surface area contributed by atoms with E-state index in [1.165, 1.54) is 0 Å². The molecule has 3 N–H and O–H groups in total. The summed E-state index contributed by atoms with van der Waals surface area (Å²) in [4.78, 5) is 15.3. The number of ether oxygens (including phenoxy) is 2. The number of nitrogens with one attached hydrogen (secondary N) is 1. The van der Waals surface area contributed by atoms with Crippen LogP contribution in [0.2, 0.25) is 0 Å². The highest BCUT2D eigenvalue weighted by molar-refractivity contribution is 14.0. The first-order valence-corrected chi connectivity index (χ1v) is 7.97. The normalized spacial score (nSPS) is 10.9. The second kappa shape index (κ2) is 18.5. The summed E-state index contributed by atoms with van der Waals surface area (Å²) in [6.45, 7) is 7.25. The maximum Gasteiger partial charge on any atom is 0.305 e. The molecule has 0 aliphatic carbocycles. The summed E-state index contributed by atoms with van der Waals surface area (Å²) >= 11 is 0. The molecule has 0 saturated heterocycles. The first kappa shape index (κ1) is 23.7. The van der Waals surface area contributed by atoms with Crippen LogP contribution in [0.3, 0.4) is 0 Å². The van der Waals surface area contributed by atoms with Crippen LogP contribution in [-0.4, -0.2) is 44.8 Å². The van der Waals surface area contributed by atoms with Gasteiger partial charge in [0, 0.05) is 32.7 Å². The van der Waals surface area contributed by atoms with Gasteiger partial charge in [-0.2, -0.15) is 0 Å². The van der Waals surface area contributed by atoms with Gasteiger partial charge in [0.15, 0.2) is 5.96 Å². The zero-order chi connectivity index (χ0) is 15.8. The minimum absolute atomic E-state index is 0. The van der Waals surface area contributed by atoms with Crippen molar-refractivity contribution in [3.63, 3.8) is 0 Å². The average Bonchev–Trinajstić information content (AvgIpc) is 2.46. The SMILES string of the molecule is CCOCCCN=C(N)NCCCCCCC(=O)OCC.I. The highest BCUT2D eigenvalue weighted by atomic mass is 127. The molecular weight excluding hydrogens is 397 g/mol. The number of rotatable bonds is 13. The zero-order valence-corrected chi connectivity index (χ0v) is 16.3. The lowest BCUT2D eigenvalue weighted by atomic mass is 10.1. The van der Waals surface area contributed by atoms with Gasteiger partial charge in [-0.15, -0.1) is 24.0 Å². The van der Waals surface area contributed by atoms with Crippen molar-refractivity contribution in [2.24, 2.45) is 10.7 Å². The van der Waals surface area contributed by atoms with Crippen LogP contribution in [0.5, 0.6) is 0 Å². The largest absolute Gasteiger partial charge is 0.466 e. The maximum atomic E-state index is 11.1. The molecule has 0 unspecified atom stereocenters. The van der Waals surface area contributed by atoms with Gasteiger partial charge in [0.1, 0.15) is 0 Å². The smallest absolute Gasteiger partial charge is 0.305 e. The Kier molecular flexibility index (Phi) is 19.9. The molecule has 0 atom stereocenters. The zero-order valence-electron chi connectivity index (χ0n) is 13.9. The molecule has 0 aliphatic heterocycles. The average molecular weight is 429 g/mol. The van der Waals surface area contributed by atoms with Crippen molar-refractivity contribution < 1.29 is 14.3 Å². The van der Waals surface area contributed by atoms with Gasteiger partial charge in [-0.1, -0.05) is 12.8 Å². The molecule has 0 aromatic rings. The van der Waals surface area contributed by atoms with Crippen molar-refractivity contribution in [1.29, 1.82) is 0 Å². The summed E-state index contributed by atoms with van der Waals surface area (Å²) in [5.41, 5.74) is 5.74. The fraction of sp³-hybridized carbons (Fsp3) is 0.867. The number of carbonyl (C=O) groups is 1. The molecule has 0 aromatic carbocycles. The molecule has 0 spiro atoms. The molecule has 0 bridgehead atoms. The first-order valence-electron chi connectivity index (χ1n) is 7.97. The molecule has 6 nitrogen and oxygen atoms in total. The third-order valence-electron chi connectivity index (χ3n) is 2.85. The minimum atomic E-state index is -0.0981. The lowest BCUT2D eigenvalue weighted by Gasteiger charge is -2.06. The van der Waals surface area contributed by atoms with E-state index < -0.39 is 0 Å². The van der Waals surface area contributed by atoms with Crippen LogP contribution in [0.4, 0.5) is 0 Å². The summed E-state index contributed by atoms with van der Waals surface area (Å²) in [7, 11) is 0. The van der Waals surface area contributed by atoms with E-state index in [1.54, 1.807) is 0 Å². The van der Waals surface area contributed by atoms with Crippen molar-refractivity contribution in [3.8, 4) is 0 Å². The molecule has 0 heterocycles. The number of halogens is 1. The van der Waals surface area contributed by atoms with E-state index in [1.807, 2.05) is 13.8 Å². The van der Waals surface area contributed by atoms with Crippen LogP contribution >= 0.6 is 24.0 Å². The van der Waals surface area contributed by atoms with Crippen LogP contribution in [-0.2, 0) is 14.3 Å². The van der Waals surface area contributed by atoms with Gasteiger partial charge >= 0.3 is 5.97 Å². The van der Waals surface area contributed by atoms with Crippen LogP contribution in [0.15, 0.2) is 4.99 Å². The third-order valence-corrected chi connectivity index (χ3v) is 2.85. The number of nitrogens with two attached hydrogens (primary N) is 1. The quantitative estimate of drug-likeness (QED) is 0.154. The number of unbranched alkanes of at least 4 members (excludes halogenated alkanes) is 3. The Morgan fingerprint density at radius 1 is 1.09 bits per heavy atom. The van der Waals surface area contributed by atoms with Crippen LogP contribution < -0.4 is 11.1 Å². The number of esters is 1. The summed E-state index contributed by atoms with van der Waals surface area (Å²) in [5, 5.41) is 3.09. The van der Waals surface area contributed by atoms with Crippen LogP contribution in [0, 0.1) is 0 Å². The van der Waals surface area contributed by atoms with Gasteiger partial charge in [-0.3, -0.25) is 9.79 Å². The van der Waals surface area contributed by atoms with Gasteiger partial charge in [-0.05, 0) is 33.1 Å². The fourth-order valence-corrected chi connectivity index (χ4v) is 1.76. The Morgan fingerprint density at radius 3 is 2.50 bits per heavy atom. The number of nitrogens with zero attached hydrogens (tertiary/aromatic N) is 1. The molecule has 0 saturated carbocycles. The molecule has 0 fully saturated rings. The van der Waals surface area contributed by atoms with Gasteiger partial charge in [0.05, 0.1) is 6.61 Å². The molecular formula is C15H32IN3O3. The van der Waals surface area contributed by atoms with E-state index in [9.17, 15) is 4.79 Å².